The third-order valence-corrected chi connectivity index (χ3v) is 5.06. The quantitative estimate of drug-likeness (QED) is 0.788. The van der Waals surface area contributed by atoms with Gasteiger partial charge in [-0.2, -0.15) is 0 Å². The molecule has 5 heteroatoms. The second-order valence-electron chi connectivity index (χ2n) is 6.32. The number of hydrogen-bond acceptors (Lipinski definition) is 4. The minimum Gasteiger partial charge on any atom is -0.493 e. The number of hydrogen-bond donors (Lipinski definition) is 1. The third kappa shape index (κ3) is 4.48. The first-order valence-corrected chi connectivity index (χ1v) is 9.07. The number of nitrogens with zero attached hydrogens (tertiary/aromatic N) is 1. The summed E-state index contributed by atoms with van der Waals surface area (Å²) in [6.45, 7) is 7.20. The van der Waals surface area contributed by atoms with Crippen molar-refractivity contribution >= 4 is 21.7 Å². The average Bonchev–Trinajstić information content (AvgIpc) is 3.08. The highest BCUT2D eigenvalue weighted by Gasteiger charge is 2.17. The van der Waals surface area contributed by atoms with Crippen LogP contribution in [0.2, 0.25) is 0 Å². The molecule has 1 atom stereocenters. The maximum atomic E-state index is 6.09. The van der Waals surface area contributed by atoms with Crippen molar-refractivity contribution in [3.63, 3.8) is 0 Å². The van der Waals surface area contributed by atoms with Crippen LogP contribution in [0.3, 0.4) is 0 Å². The van der Waals surface area contributed by atoms with Gasteiger partial charge in [-0.3, -0.25) is 0 Å². The fraction of sp³-hybridized carbons (Fsp3) is 0.421. The predicted molar refractivity (Wildman–Crippen MR) is 99.6 cm³/mol. The summed E-state index contributed by atoms with van der Waals surface area (Å²) < 4.78 is 12.5. The predicted octanol–water partition coefficient (Wildman–Crippen LogP) is 4.49. The molecule has 1 aliphatic rings. The number of halogens is 1. The van der Waals surface area contributed by atoms with E-state index in [0.717, 1.165) is 46.8 Å². The molecular weight excluding hydrogens is 368 g/mol. The molecule has 1 N–H and O–H groups in total. The van der Waals surface area contributed by atoms with Crippen LogP contribution in [-0.4, -0.2) is 24.8 Å². The lowest BCUT2D eigenvalue weighted by Crippen LogP contribution is -2.13. The Labute approximate surface area is 151 Å². The van der Waals surface area contributed by atoms with Gasteiger partial charge in [0.05, 0.1) is 13.2 Å². The number of rotatable bonds is 6. The van der Waals surface area contributed by atoms with E-state index in [1.165, 1.54) is 5.56 Å². The highest BCUT2D eigenvalue weighted by atomic mass is 79.9. The fourth-order valence-corrected chi connectivity index (χ4v) is 2.90. The van der Waals surface area contributed by atoms with Gasteiger partial charge in [0.2, 0.25) is 0 Å². The van der Waals surface area contributed by atoms with Gasteiger partial charge in [-0.05, 0) is 59.5 Å². The summed E-state index contributed by atoms with van der Waals surface area (Å²) in [7, 11) is 0. The molecule has 0 aliphatic carbocycles. The Morgan fingerprint density at radius 1 is 1.33 bits per heavy atom. The smallest absolute Gasteiger partial charge is 0.126 e. The van der Waals surface area contributed by atoms with Crippen molar-refractivity contribution in [2.75, 3.05) is 25.1 Å². The molecule has 3 rings (SSSR count). The largest absolute Gasteiger partial charge is 0.493 e. The van der Waals surface area contributed by atoms with E-state index in [-0.39, 0.29) is 0 Å². The van der Waals surface area contributed by atoms with E-state index in [9.17, 15) is 0 Å². The van der Waals surface area contributed by atoms with Crippen LogP contribution in [0.5, 0.6) is 5.75 Å². The number of nitrogens with one attached hydrogen (secondary N) is 1. The molecular formula is C19H23BrN2O2. The zero-order valence-electron chi connectivity index (χ0n) is 14.1. The molecule has 128 valence electrons. The molecule has 0 saturated carbocycles. The zero-order valence-corrected chi connectivity index (χ0v) is 15.7. The lowest BCUT2D eigenvalue weighted by Gasteiger charge is -2.16. The van der Waals surface area contributed by atoms with Crippen LogP contribution < -0.4 is 10.1 Å². The van der Waals surface area contributed by atoms with Crippen molar-refractivity contribution in [2.45, 2.75) is 26.8 Å². The van der Waals surface area contributed by atoms with Crippen molar-refractivity contribution in [2.24, 2.45) is 5.92 Å². The molecule has 0 spiro atoms. The van der Waals surface area contributed by atoms with E-state index in [2.05, 4.69) is 58.3 Å². The number of aryl methyl sites for hydroxylation is 2. The first kappa shape index (κ1) is 17.2. The second-order valence-corrected chi connectivity index (χ2v) is 7.18. The molecule has 4 nitrogen and oxygen atoms in total. The van der Waals surface area contributed by atoms with E-state index in [4.69, 9.17) is 9.47 Å². The molecule has 24 heavy (non-hydrogen) atoms. The summed E-state index contributed by atoms with van der Waals surface area (Å²) in [5.74, 6) is 2.32. The average molecular weight is 391 g/mol. The maximum absolute atomic E-state index is 6.09. The number of ether oxygens (including phenoxy) is 2. The van der Waals surface area contributed by atoms with Crippen LogP contribution in [0.15, 0.2) is 34.9 Å². The van der Waals surface area contributed by atoms with Crippen LogP contribution in [0.1, 0.15) is 23.1 Å². The van der Waals surface area contributed by atoms with E-state index in [1.807, 2.05) is 12.3 Å². The molecule has 1 fully saturated rings. The number of pyridine rings is 1. The minimum absolute atomic E-state index is 0.502. The van der Waals surface area contributed by atoms with Crippen molar-refractivity contribution in [1.29, 1.82) is 0 Å². The summed E-state index contributed by atoms with van der Waals surface area (Å²) in [5, 5.41) is 3.38. The Morgan fingerprint density at radius 2 is 2.21 bits per heavy atom. The molecule has 1 saturated heterocycles. The number of benzene rings is 1. The highest BCUT2D eigenvalue weighted by Crippen LogP contribution is 2.24. The van der Waals surface area contributed by atoms with Gasteiger partial charge in [-0.1, -0.05) is 12.1 Å². The first-order valence-electron chi connectivity index (χ1n) is 8.28. The van der Waals surface area contributed by atoms with Crippen LogP contribution in [0.4, 0.5) is 5.82 Å². The summed E-state index contributed by atoms with van der Waals surface area (Å²) in [6, 6.07) is 8.37. The van der Waals surface area contributed by atoms with Crippen molar-refractivity contribution in [3.05, 3.63) is 51.6 Å². The monoisotopic (exact) mass is 390 g/mol. The number of anilines is 1. The highest BCUT2D eigenvalue weighted by molar-refractivity contribution is 9.10. The van der Waals surface area contributed by atoms with Gasteiger partial charge in [0, 0.05) is 35.3 Å². The van der Waals surface area contributed by atoms with E-state index in [1.54, 1.807) is 0 Å². The molecule has 0 amide bonds. The molecule has 2 heterocycles. The van der Waals surface area contributed by atoms with Crippen molar-refractivity contribution in [1.82, 2.24) is 4.98 Å². The van der Waals surface area contributed by atoms with Gasteiger partial charge in [-0.15, -0.1) is 0 Å². The Balaban J connectivity index is 1.66. The Hall–Kier alpha value is -1.59. The van der Waals surface area contributed by atoms with Gasteiger partial charge in [0.1, 0.15) is 11.6 Å². The summed E-state index contributed by atoms with van der Waals surface area (Å²) in [5.41, 5.74) is 3.50. The van der Waals surface area contributed by atoms with Crippen molar-refractivity contribution in [3.8, 4) is 5.75 Å². The lowest BCUT2D eigenvalue weighted by molar-refractivity contribution is 0.167. The Bertz CT molecular complexity index is 700. The van der Waals surface area contributed by atoms with Crippen molar-refractivity contribution < 1.29 is 9.47 Å². The van der Waals surface area contributed by atoms with Gasteiger partial charge < -0.3 is 14.8 Å². The topological polar surface area (TPSA) is 43.4 Å². The van der Waals surface area contributed by atoms with Gasteiger partial charge in [0.15, 0.2) is 0 Å². The second kappa shape index (κ2) is 7.99. The third-order valence-electron chi connectivity index (χ3n) is 4.23. The zero-order chi connectivity index (χ0) is 16.9. The summed E-state index contributed by atoms with van der Waals surface area (Å²) in [4.78, 5) is 4.40. The summed E-state index contributed by atoms with van der Waals surface area (Å²) >= 11 is 3.48. The Morgan fingerprint density at radius 3 is 2.96 bits per heavy atom. The standard InChI is InChI=1S/C19H23BrN2O2/c1-13-3-4-16(9-21-19-8-14(2)17(20)10-22-19)18(7-13)24-12-15-5-6-23-11-15/h3-4,7-8,10,15H,5-6,9,11-12H2,1-2H3,(H,21,22). The van der Waals surface area contributed by atoms with Gasteiger partial charge in [0.25, 0.3) is 0 Å². The van der Waals surface area contributed by atoms with Crippen LogP contribution in [-0.2, 0) is 11.3 Å². The normalized spacial score (nSPS) is 17.0. The Kier molecular flexibility index (Phi) is 5.74. The molecule has 0 radical (unpaired) electrons. The SMILES string of the molecule is Cc1ccc(CNc2cc(C)c(Br)cn2)c(OCC2CCOC2)c1. The molecule has 1 aromatic heterocycles. The molecule has 2 aromatic rings. The van der Waals surface area contributed by atoms with E-state index >= 15 is 0 Å². The lowest BCUT2D eigenvalue weighted by atomic mass is 10.1. The molecule has 0 bridgehead atoms. The molecule has 1 aromatic carbocycles. The van der Waals surface area contributed by atoms with Crippen LogP contribution >= 0.6 is 15.9 Å². The fourth-order valence-electron chi connectivity index (χ4n) is 2.69. The maximum Gasteiger partial charge on any atom is 0.126 e. The molecule has 1 aliphatic heterocycles. The summed E-state index contributed by atoms with van der Waals surface area (Å²) in [6.07, 6.45) is 2.91. The van der Waals surface area contributed by atoms with E-state index in [0.29, 0.717) is 19.1 Å². The van der Waals surface area contributed by atoms with Crippen LogP contribution in [0, 0.1) is 19.8 Å². The van der Waals surface area contributed by atoms with Gasteiger partial charge >= 0.3 is 0 Å². The first-order chi connectivity index (χ1) is 11.6. The van der Waals surface area contributed by atoms with E-state index < -0.39 is 0 Å². The number of aromatic nitrogens is 1. The van der Waals surface area contributed by atoms with Crippen LogP contribution in [0.25, 0.3) is 0 Å². The van der Waals surface area contributed by atoms with Gasteiger partial charge in [-0.25, -0.2) is 4.98 Å². The minimum atomic E-state index is 0.502. The molecule has 1 unspecified atom stereocenters.